The lowest BCUT2D eigenvalue weighted by atomic mass is 10.1. The number of anilines is 1. The van der Waals surface area contributed by atoms with Gasteiger partial charge < -0.3 is 10.0 Å². The predicted octanol–water partition coefficient (Wildman–Crippen LogP) is 3.34. The molecule has 0 fully saturated rings. The number of hydrogen-bond donors (Lipinski definition) is 1. The average Bonchev–Trinajstić information content (AvgIpc) is 2.45. The van der Waals surface area contributed by atoms with Gasteiger partial charge in [-0.05, 0) is 24.6 Å². The van der Waals surface area contributed by atoms with Gasteiger partial charge in [-0.1, -0.05) is 36.4 Å². The van der Waals surface area contributed by atoms with Gasteiger partial charge in [0.05, 0.1) is 6.61 Å². The fraction of sp³-hybridized carbons (Fsp3) is 0.250. The van der Waals surface area contributed by atoms with Crippen molar-refractivity contribution >= 4 is 5.69 Å². The van der Waals surface area contributed by atoms with Crippen LogP contribution in [0.3, 0.4) is 0 Å². The normalized spacial score (nSPS) is 10.5. The van der Waals surface area contributed by atoms with E-state index in [1.165, 1.54) is 6.07 Å². The number of aliphatic hydroxyl groups is 1. The van der Waals surface area contributed by atoms with Crippen molar-refractivity contribution in [1.82, 2.24) is 0 Å². The number of benzene rings is 2. The van der Waals surface area contributed by atoms with Crippen LogP contribution in [0.25, 0.3) is 0 Å². The number of aliphatic hydroxyl groups excluding tert-OH is 1. The predicted molar refractivity (Wildman–Crippen MR) is 75.5 cm³/mol. The quantitative estimate of drug-likeness (QED) is 0.890. The van der Waals surface area contributed by atoms with Crippen molar-refractivity contribution in [2.75, 3.05) is 11.4 Å². The van der Waals surface area contributed by atoms with E-state index in [2.05, 4.69) is 4.90 Å². The SMILES string of the molecule is CCN(Cc1ccccc1)c1cccc(F)c1CO. The van der Waals surface area contributed by atoms with Crippen LogP contribution in [0.4, 0.5) is 10.1 Å². The van der Waals surface area contributed by atoms with Crippen molar-refractivity contribution < 1.29 is 9.50 Å². The lowest BCUT2D eigenvalue weighted by molar-refractivity contribution is 0.276. The van der Waals surface area contributed by atoms with Crippen LogP contribution in [-0.2, 0) is 13.2 Å². The van der Waals surface area contributed by atoms with Crippen molar-refractivity contribution in [3.63, 3.8) is 0 Å². The Bertz CT molecular complexity index is 528. The van der Waals surface area contributed by atoms with Crippen LogP contribution in [0.15, 0.2) is 48.5 Å². The highest BCUT2D eigenvalue weighted by atomic mass is 19.1. The molecule has 0 unspecified atom stereocenters. The molecule has 19 heavy (non-hydrogen) atoms. The minimum atomic E-state index is -0.355. The summed E-state index contributed by atoms with van der Waals surface area (Å²) in [5.74, 6) is -0.355. The Kier molecular flexibility index (Phi) is 4.53. The van der Waals surface area contributed by atoms with Gasteiger partial charge in [-0.2, -0.15) is 0 Å². The van der Waals surface area contributed by atoms with Crippen molar-refractivity contribution in [1.29, 1.82) is 0 Å². The largest absolute Gasteiger partial charge is 0.391 e. The molecule has 2 rings (SSSR count). The van der Waals surface area contributed by atoms with Crippen LogP contribution in [0.1, 0.15) is 18.1 Å². The van der Waals surface area contributed by atoms with Gasteiger partial charge in [0, 0.05) is 24.3 Å². The maximum atomic E-state index is 13.7. The molecule has 0 bridgehead atoms. The minimum absolute atomic E-state index is 0.284. The summed E-state index contributed by atoms with van der Waals surface area (Å²) in [7, 11) is 0. The maximum absolute atomic E-state index is 13.7. The molecule has 0 aromatic heterocycles. The Balaban J connectivity index is 2.30. The third kappa shape index (κ3) is 3.12. The number of rotatable bonds is 5. The Morgan fingerprint density at radius 1 is 1.05 bits per heavy atom. The summed E-state index contributed by atoms with van der Waals surface area (Å²) < 4.78 is 13.7. The first-order valence-electron chi connectivity index (χ1n) is 6.43. The molecule has 0 saturated heterocycles. The molecule has 0 amide bonds. The summed E-state index contributed by atoms with van der Waals surface area (Å²) in [6, 6.07) is 14.9. The van der Waals surface area contributed by atoms with Crippen LogP contribution < -0.4 is 4.90 Å². The van der Waals surface area contributed by atoms with E-state index in [1.54, 1.807) is 6.07 Å². The molecule has 0 radical (unpaired) electrons. The maximum Gasteiger partial charge on any atom is 0.130 e. The molecule has 2 nitrogen and oxygen atoms in total. The molecule has 100 valence electrons. The molecule has 0 atom stereocenters. The first kappa shape index (κ1) is 13.6. The van der Waals surface area contributed by atoms with E-state index in [9.17, 15) is 9.50 Å². The Morgan fingerprint density at radius 2 is 1.79 bits per heavy atom. The van der Waals surface area contributed by atoms with Gasteiger partial charge in [0.1, 0.15) is 5.82 Å². The summed E-state index contributed by atoms with van der Waals surface area (Å²) in [4.78, 5) is 2.06. The van der Waals surface area contributed by atoms with Crippen LogP contribution in [0.5, 0.6) is 0 Å². The highest BCUT2D eigenvalue weighted by molar-refractivity contribution is 5.54. The van der Waals surface area contributed by atoms with Gasteiger partial charge in [0.2, 0.25) is 0 Å². The average molecular weight is 259 g/mol. The van der Waals surface area contributed by atoms with Gasteiger partial charge in [-0.15, -0.1) is 0 Å². The van der Waals surface area contributed by atoms with Crippen molar-refractivity contribution in [2.24, 2.45) is 0 Å². The molecule has 2 aromatic rings. The van der Waals surface area contributed by atoms with Gasteiger partial charge in [0.15, 0.2) is 0 Å². The smallest absolute Gasteiger partial charge is 0.130 e. The molecule has 1 N–H and O–H groups in total. The molecular weight excluding hydrogens is 241 g/mol. The molecule has 2 aromatic carbocycles. The van der Waals surface area contributed by atoms with Crippen LogP contribution in [-0.4, -0.2) is 11.7 Å². The Hall–Kier alpha value is -1.87. The Morgan fingerprint density at radius 3 is 2.42 bits per heavy atom. The van der Waals surface area contributed by atoms with Gasteiger partial charge in [-0.25, -0.2) is 4.39 Å². The fourth-order valence-corrected chi connectivity index (χ4v) is 2.17. The first-order chi connectivity index (χ1) is 9.26. The molecule has 0 spiro atoms. The second-order valence-corrected chi connectivity index (χ2v) is 4.40. The zero-order chi connectivity index (χ0) is 13.7. The minimum Gasteiger partial charge on any atom is -0.391 e. The van der Waals surface area contributed by atoms with E-state index >= 15 is 0 Å². The van der Waals surface area contributed by atoms with Gasteiger partial charge >= 0.3 is 0 Å². The monoisotopic (exact) mass is 259 g/mol. The summed E-state index contributed by atoms with van der Waals surface area (Å²) in [5, 5.41) is 9.34. The highest BCUT2D eigenvalue weighted by Gasteiger charge is 2.13. The Labute approximate surface area is 113 Å². The van der Waals surface area contributed by atoms with Gasteiger partial charge in [-0.3, -0.25) is 0 Å². The fourth-order valence-electron chi connectivity index (χ4n) is 2.17. The zero-order valence-electron chi connectivity index (χ0n) is 11.0. The summed E-state index contributed by atoms with van der Waals surface area (Å²) in [6.45, 7) is 3.20. The van der Waals surface area contributed by atoms with E-state index in [1.807, 2.05) is 43.3 Å². The molecule has 0 aliphatic rings. The van der Waals surface area contributed by atoms with Gasteiger partial charge in [0.25, 0.3) is 0 Å². The third-order valence-electron chi connectivity index (χ3n) is 3.19. The van der Waals surface area contributed by atoms with Crippen molar-refractivity contribution in [3.8, 4) is 0 Å². The third-order valence-corrected chi connectivity index (χ3v) is 3.19. The highest BCUT2D eigenvalue weighted by Crippen LogP contribution is 2.24. The first-order valence-corrected chi connectivity index (χ1v) is 6.43. The van der Waals surface area contributed by atoms with E-state index < -0.39 is 0 Å². The molecule has 3 heteroatoms. The van der Waals surface area contributed by atoms with Crippen molar-refractivity contribution in [3.05, 3.63) is 65.5 Å². The van der Waals surface area contributed by atoms with Crippen LogP contribution in [0.2, 0.25) is 0 Å². The lowest BCUT2D eigenvalue weighted by Crippen LogP contribution is -2.23. The number of hydrogen-bond acceptors (Lipinski definition) is 2. The van der Waals surface area contributed by atoms with Crippen LogP contribution in [0, 0.1) is 5.82 Å². The zero-order valence-corrected chi connectivity index (χ0v) is 11.0. The molecular formula is C16H18FNO. The number of halogens is 1. The lowest BCUT2D eigenvalue weighted by Gasteiger charge is -2.25. The molecule has 0 aliphatic carbocycles. The molecule has 0 saturated carbocycles. The number of nitrogens with zero attached hydrogens (tertiary/aromatic N) is 1. The summed E-state index contributed by atoms with van der Waals surface area (Å²) in [6.07, 6.45) is 0. The molecule has 0 aliphatic heterocycles. The second kappa shape index (κ2) is 6.34. The molecule has 0 heterocycles. The standard InChI is InChI=1S/C16H18FNO/c1-2-18(11-13-7-4-3-5-8-13)16-10-6-9-15(17)14(16)12-19/h3-10,19H,2,11-12H2,1H3. The topological polar surface area (TPSA) is 23.5 Å². The summed E-state index contributed by atoms with van der Waals surface area (Å²) >= 11 is 0. The van der Waals surface area contributed by atoms with E-state index in [-0.39, 0.29) is 12.4 Å². The second-order valence-electron chi connectivity index (χ2n) is 4.40. The van der Waals surface area contributed by atoms with E-state index in [0.717, 1.165) is 17.8 Å². The van der Waals surface area contributed by atoms with Crippen LogP contribution >= 0.6 is 0 Å². The summed E-state index contributed by atoms with van der Waals surface area (Å²) in [5.41, 5.74) is 2.28. The van der Waals surface area contributed by atoms with Crippen molar-refractivity contribution in [2.45, 2.75) is 20.1 Å². The van der Waals surface area contributed by atoms with E-state index in [4.69, 9.17) is 0 Å². The van der Waals surface area contributed by atoms with E-state index in [0.29, 0.717) is 12.1 Å².